The Morgan fingerprint density at radius 3 is 2.85 bits per heavy atom. The minimum atomic E-state index is 0.363. The fourth-order valence-electron chi connectivity index (χ4n) is 2.61. The van der Waals surface area contributed by atoms with E-state index in [4.69, 9.17) is 4.42 Å². The molecule has 20 heavy (non-hydrogen) atoms. The van der Waals surface area contributed by atoms with Crippen molar-refractivity contribution in [3.05, 3.63) is 23.2 Å². The van der Waals surface area contributed by atoms with E-state index in [2.05, 4.69) is 62.7 Å². The molecule has 0 aromatic carbocycles. The first-order valence-electron chi connectivity index (χ1n) is 7.53. The molecular weight excluding hydrogens is 268 g/mol. The maximum Gasteiger partial charge on any atom is 0.120 e. The molecule has 0 bridgehead atoms. The molecule has 114 valence electrons. The number of rotatable bonds is 5. The molecule has 1 aliphatic heterocycles. The van der Waals surface area contributed by atoms with Gasteiger partial charge < -0.3 is 9.73 Å². The molecule has 1 aromatic heterocycles. The fraction of sp³-hybridized carbons (Fsp3) is 0.750. The van der Waals surface area contributed by atoms with Crippen LogP contribution in [0.1, 0.15) is 44.8 Å². The third-order valence-electron chi connectivity index (χ3n) is 3.63. The van der Waals surface area contributed by atoms with Gasteiger partial charge in [-0.15, -0.1) is 0 Å². The zero-order valence-corrected chi connectivity index (χ0v) is 14.3. The highest BCUT2D eigenvalue weighted by Crippen LogP contribution is 2.30. The Morgan fingerprint density at radius 1 is 1.45 bits per heavy atom. The van der Waals surface area contributed by atoms with Gasteiger partial charge in [0.25, 0.3) is 0 Å². The molecule has 4 heteroatoms. The zero-order chi connectivity index (χ0) is 14.8. The molecule has 1 aromatic rings. The Bertz CT molecular complexity index is 440. The van der Waals surface area contributed by atoms with Gasteiger partial charge in [0.2, 0.25) is 0 Å². The van der Waals surface area contributed by atoms with Crippen LogP contribution in [0, 0.1) is 6.92 Å². The van der Waals surface area contributed by atoms with Crippen LogP contribution >= 0.6 is 11.8 Å². The molecule has 1 N–H and O–H groups in total. The lowest BCUT2D eigenvalue weighted by molar-refractivity contribution is 0.230. The molecule has 0 amide bonds. The van der Waals surface area contributed by atoms with E-state index in [-0.39, 0.29) is 0 Å². The fourth-order valence-corrected chi connectivity index (χ4v) is 3.79. The Hall–Kier alpha value is -0.450. The average molecular weight is 296 g/mol. The lowest BCUT2D eigenvalue weighted by atomic mass is 10.2. The lowest BCUT2D eigenvalue weighted by Crippen LogP contribution is -2.42. The summed E-state index contributed by atoms with van der Waals surface area (Å²) in [5.41, 5.74) is 1.26. The molecule has 1 fully saturated rings. The number of nitrogens with one attached hydrogen (secondary N) is 1. The van der Waals surface area contributed by atoms with Crippen molar-refractivity contribution in [3.63, 3.8) is 0 Å². The summed E-state index contributed by atoms with van der Waals surface area (Å²) in [6, 6.07) is 2.69. The molecule has 2 rings (SSSR count). The summed E-state index contributed by atoms with van der Waals surface area (Å²) >= 11 is 2.07. The standard InChI is InChI=1S/C16H28N2OS/c1-12(2)17-9-15-13(3)8-14(19-15)10-18-6-7-20-16(4,5)11-18/h8,12,17H,6-7,9-11H2,1-5H3. The van der Waals surface area contributed by atoms with Gasteiger partial charge >= 0.3 is 0 Å². The molecule has 3 nitrogen and oxygen atoms in total. The summed E-state index contributed by atoms with van der Waals surface area (Å²) < 4.78 is 6.39. The van der Waals surface area contributed by atoms with E-state index in [0.29, 0.717) is 10.8 Å². The second-order valence-corrected chi connectivity index (χ2v) is 8.48. The van der Waals surface area contributed by atoms with E-state index >= 15 is 0 Å². The third kappa shape index (κ3) is 4.54. The van der Waals surface area contributed by atoms with Crippen molar-refractivity contribution in [2.45, 2.75) is 58.5 Å². The van der Waals surface area contributed by atoms with Crippen LogP contribution in [0.4, 0.5) is 0 Å². The Morgan fingerprint density at radius 2 is 2.20 bits per heavy atom. The van der Waals surface area contributed by atoms with Gasteiger partial charge in [-0.05, 0) is 32.4 Å². The van der Waals surface area contributed by atoms with Gasteiger partial charge in [0.05, 0.1) is 13.1 Å². The van der Waals surface area contributed by atoms with Crippen molar-refractivity contribution >= 4 is 11.8 Å². The van der Waals surface area contributed by atoms with Crippen molar-refractivity contribution in [2.24, 2.45) is 0 Å². The average Bonchev–Trinajstić information content (AvgIpc) is 2.65. The normalized spacial score (nSPS) is 19.7. The third-order valence-corrected chi connectivity index (χ3v) is 4.92. The van der Waals surface area contributed by atoms with Crippen molar-refractivity contribution in [1.82, 2.24) is 10.2 Å². The quantitative estimate of drug-likeness (QED) is 0.901. The summed E-state index contributed by atoms with van der Waals surface area (Å²) in [5.74, 6) is 3.40. The topological polar surface area (TPSA) is 28.4 Å². The summed E-state index contributed by atoms with van der Waals surface area (Å²) in [5, 5.41) is 3.42. The largest absolute Gasteiger partial charge is 0.463 e. The lowest BCUT2D eigenvalue weighted by Gasteiger charge is -2.37. The van der Waals surface area contributed by atoms with Crippen LogP contribution in [-0.2, 0) is 13.1 Å². The predicted molar refractivity (Wildman–Crippen MR) is 87.2 cm³/mol. The summed E-state index contributed by atoms with van der Waals surface area (Å²) in [7, 11) is 0. The summed E-state index contributed by atoms with van der Waals surface area (Å²) in [6.45, 7) is 15.2. The van der Waals surface area contributed by atoms with Crippen LogP contribution < -0.4 is 5.32 Å². The van der Waals surface area contributed by atoms with Crippen molar-refractivity contribution in [2.75, 3.05) is 18.8 Å². The maximum atomic E-state index is 6.02. The maximum absolute atomic E-state index is 6.02. The monoisotopic (exact) mass is 296 g/mol. The second kappa shape index (κ2) is 6.54. The summed E-state index contributed by atoms with van der Waals surface area (Å²) in [4.78, 5) is 2.51. The molecular formula is C16H28N2OS. The van der Waals surface area contributed by atoms with E-state index in [1.54, 1.807) is 0 Å². The van der Waals surface area contributed by atoms with Crippen LogP contribution in [0.3, 0.4) is 0 Å². The molecule has 1 aliphatic rings. The molecule has 0 saturated carbocycles. The van der Waals surface area contributed by atoms with Crippen LogP contribution in [0.2, 0.25) is 0 Å². The van der Waals surface area contributed by atoms with E-state index in [1.807, 2.05) is 0 Å². The van der Waals surface area contributed by atoms with E-state index in [1.165, 1.54) is 11.3 Å². The number of nitrogens with zero attached hydrogens (tertiary/aromatic N) is 1. The molecule has 0 radical (unpaired) electrons. The van der Waals surface area contributed by atoms with Gasteiger partial charge in [0.15, 0.2) is 0 Å². The van der Waals surface area contributed by atoms with E-state index in [9.17, 15) is 0 Å². The molecule has 1 saturated heterocycles. The zero-order valence-electron chi connectivity index (χ0n) is 13.5. The number of thioether (sulfide) groups is 1. The molecule has 0 unspecified atom stereocenters. The van der Waals surface area contributed by atoms with Crippen LogP contribution in [0.15, 0.2) is 10.5 Å². The molecule has 0 spiro atoms. The van der Waals surface area contributed by atoms with Gasteiger partial charge in [-0.25, -0.2) is 0 Å². The second-order valence-electron chi connectivity index (χ2n) is 6.67. The van der Waals surface area contributed by atoms with Gasteiger partial charge in [-0.1, -0.05) is 13.8 Å². The number of hydrogen-bond donors (Lipinski definition) is 1. The highest BCUT2D eigenvalue weighted by molar-refractivity contribution is 8.00. The molecule has 0 aliphatic carbocycles. The van der Waals surface area contributed by atoms with Crippen molar-refractivity contribution in [3.8, 4) is 0 Å². The Kier molecular flexibility index (Phi) is 5.21. The predicted octanol–water partition coefficient (Wildman–Crippen LogP) is 3.41. The number of furan rings is 1. The van der Waals surface area contributed by atoms with Crippen LogP contribution in [-0.4, -0.2) is 34.5 Å². The minimum Gasteiger partial charge on any atom is -0.463 e. The van der Waals surface area contributed by atoms with Crippen molar-refractivity contribution in [1.29, 1.82) is 0 Å². The van der Waals surface area contributed by atoms with Gasteiger partial charge in [0, 0.05) is 29.6 Å². The Balaban J connectivity index is 1.94. The smallest absolute Gasteiger partial charge is 0.120 e. The van der Waals surface area contributed by atoms with Crippen LogP contribution in [0.5, 0.6) is 0 Å². The number of hydrogen-bond acceptors (Lipinski definition) is 4. The first kappa shape index (κ1) is 15.9. The van der Waals surface area contributed by atoms with Crippen LogP contribution in [0.25, 0.3) is 0 Å². The van der Waals surface area contributed by atoms with Gasteiger partial charge in [0.1, 0.15) is 11.5 Å². The summed E-state index contributed by atoms with van der Waals surface area (Å²) in [6.07, 6.45) is 0. The highest BCUT2D eigenvalue weighted by Gasteiger charge is 2.27. The Labute approximate surface area is 127 Å². The first-order chi connectivity index (χ1) is 9.35. The first-order valence-corrected chi connectivity index (χ1v) is 8.52. The molecule has 2 heterocycles. The van der Waals surface area contributed by atoms with E-state index in [0.717, 1.165) is 37.7 Å². The van der Waals surface area contributed by atoms with Gasteiger partial charge in [-0.3, -0.25) is 4.90 Å². The minimum absolute atomic E-state index is 0.363. The molecule has 0 atom stereocenters. The SMILES string of the molecule is Cc1cc(CN2CCSC(C)(C)C2)oc1CNC(C)C. The highest BCUT2D eigenvalue weighted by atomic mass is 32.2. The van der Waals surface area contributed by atoms with Crippen molar-refractivity contribution < 1.29 is 4.42 Å². The number of aryl methyl sites for hydroxylation is 1. The van der Waals surface area contributed by atoms with Gasteiger partial charge in [-0.2, -0.15) is 11.8 Å². The van der Waals surface area contributed by atoms with E-state index < -0.39 is 0 Å².